The van der Waals surface area contributed by atoms with E-state index >= 15 is 0 Å². The third-order valence-electron chi connectivity index (χ3n) is 3.67. The Balaban J connectivity index is 1.97. The van der Waals surface area contributed by atoms with Crippen molar-refractivity contribution in [3.8, 4) is 0 Å². The molecule has 7 heteroatoms. The van der Waals surface area contributed by atoms with E-state index in [1.807, 2.05) is 17.7 Å². The Morgan fingerprint density at radius 2 is 1.90 bits per heavy atom. The number of hydrogen-bond acceptors (Lipinski definition) is 4. The van der Waals surface area contributed by atoms with E-state index in [-0.39, 0.29) is 5.41 Å². The van der Waals surface area contributed by atoms with Crippen LogP contribution in [0.3, 0.4) is 0 Å². The van der Waals surface area contributed by atoms with E-state index in [2.05, 4.69) is 66.8 Å². The van der Waals surface area contributed by atoms with Crippen LogP contribution in [-0.4, -0.2) is 28.0 Å². The molecule has 2 heterocycles. The van der Waals surface area contributed by atoms with E-state index in [4.69, 9.17) is 4.74 Å². The number of rotatable bonds is 3. The van der Waals surface area contributed by atoms with Crippen LogP contribution in [0.2, 0.25) is 0 Å². The topological polar surface area (TPSA) is 39.9 Å². The molecule has 0 spiro atoms. The monoisotopic (exact) mass is 417 g/mol. The average Bonchev–Trinajstić information content (AvgIpc) is 2.64. The zero-order valence-electron chi connectivity index (χ0n) is 10.8. The summed E-state index contributed by atoms with van der Waals surface area (Å²) < 4.78 is 9.51. The van der Waals surface area contributed by atoms with Crippen molar-refractivity contribution in [3.63, 3.8) is 0 Å². The molecular formula is C13H13Br2N3OS. The number of aromatic nitrogens is 3. The third-order valence-corrected chi connectivity index (χ3v) is 4.98. The molecule has 1 saturated heterocycles. The molecule has 1 fully saturated rings. The maximum atomic E-state index is 5.48. The number of thiol groups is 1. The third kappa shape index (κ3) is 2.56. The van der Waals surface area contributed by atoms with Crippen molar-refractivity contribution >= 4 is 44.5 Å². The van der Waals surface area contributed by atoms with E-state index in [0.717, 1.165) is 21.2 Å². The maximum absolute atomic E-state index is 5.48. The Labute approximate surface area is 139 Å². The first-order valence-corrected chi connectivity index (χ1v) is 8.15. The van der Waals surface area contributed by atoms with Gasteiger partial charge in [0.15, 0.2) is 5.16 Å². The number of benzene rings is 1. The smallest absolute Gasteiger partial charge is 0.187 e. The summed E-state index contributed by atoms with van der Waals surface area (Å²) in [5.74, 6) is 0.925. The van der Waals surface area contributed by atoms with Crippen LogP contribution in [0, 0.1) is 0 Å². The molecule has 0 atom stereocenters. The molecule has 0 unspecified atom stereocenters. The van der Waals surface area contributed by atoms with Gasteiger partial charge in [0.05, 0.1) is 13.2 Å². The first-order chi connectivity index (χ1) is 9.50. The molecule has 1 aliphatic rings. The molecule has 0 amide bonds. The lowest BCUT2D eigenvalue weighted by molar-refractivity contribution is -0.0612. The molecule has 2 aromatic rings. The van der Waals surface area contributed by atoms with Crippen LogP contribution < -0.4 is 0 Å². The van der Waals surface area contributed by atoms with Crippen molar-refractivity contribution in [3.05, 3.63) is 38.5 Å². The summed E-state index contributed by atoms with van der Waals surface area (Å²) in [6.45, 7) is 1.40. The molecule has 4 nitrogen and oxygen atoms in total. The van der Waals surface area contributed by atoms with Gasteiger partial charge in [-0.1, -0.05) is 31.9 Å². The van der Waals surface area contributed by atoms with E-state index in [9.17, 15) is 0 Å². The standard InChI is InChI=1S/C13H13Br2N3OS/c1-18-11(16-17-12(18)20)5-13(6-19-7-13)8-2-9(14)4-10(15)3-8/h2-4H,5-7H2,1H3,(H,17,20). The average molecular weight is 419 g/mol. The van der Waals surface area contributed by atoms with Crippen LogP contribution in [0.25, 0.3) is 0 Å². The second kappa shape index (κ2) is 5.44. The van der Waals surface area contributed by atoms with E-state index in [1.54, 1.807) is 0 Å². The SMILES string of the molecule is Cn1c(S)nnc1CC1(c2cc(Br)cc(Br)c2)COC1. The highest BCUT2D eigenvalue weighted by molar-refractivity contribution is 9.11. The van der Waals surface area contributed by atoms with Crippen molar-refractivity contribution in [2.45, 2.75) is 17.0 Å². The molecular weight excluding hydrogens is 406 g/mol. The van der Waals surface area contributed by atoms with Crippen LogP contribution >= 0.6 is 44.5 Å². The van der Waals surface area contributed by atoms with Gasteiger partial charge in [0.2, 0.25) is 0 Å². The zero-order valence-corrected chi connectivity index (χ0v) is 14.9. The summed E-state index contributed by atoms with van der Waals surface area (Å²) in [5.41, 5.74) is 1.21. The van der Waals surface area contributed by atoms with E-state index < -0.39 is 0 Å². The van der Waals surface area contributed by atoms with Crippen molar-refractivity contribution < 1.29 is 4.74 Å². The fourth-order valence-corrected chi connectivity index (χ4v) is 3.84. The summed E-state index contributed by atoms with van der Waals surface area (Å²) in [4.78, 5) is 0. The van der Waals surface area contributed by atoms with Gasteiger partial charge in [0.25, 0.3) is 0 Å². The number of hydrogen-bond donors (Lipinski definition) is 1. The molecule has 106 valence electrons. The molecule has 0 aliphatic carbocycles. The molecule has 0 N–H and O–H groups in total. The summed E-state index contributed by atoms with van der Waals surface area (Å²) >= 11 is 11.4. The highest BCUT2D eigenvalue weighted by Gasteiger charge is 2.42. The van der Waals surface area contributed by atoms with Crippen LogP contribution in [0.4, 0.5) is 0 Å². The minimum Gasteiger partial charge on any atom is -0.379 e. The molecule has 3 rings (SSSR count). The normalized spacial score (nSPS) is 17.0. The summed E-state index contributed by atoms with van der Waals surface area (Å²) in [6.07, 6.45) is 0.792. The summed E-state index contributed by atoms with van der Waals surface area (Å²) in [7, 11) is 1.93. The van der Waals surface area contributed by atoms with Gasteiger partial charge < -0.3 is 9.30 Å². The molecule has 0 saturated carbocycles. The fraction of sp³-hybridized carbons (Fsp3) is 0.385. The highest BCUT2D eigenvalue weighted by Crippen LogP contribution is 2.38. The zero-order chi connectivity index (χ0) is 14.3. The van der Waals surface area contributed by atoms with Crippen molar-refractivity contribution in [1.82, 2.24) is 14.8 Å². The fourth-order valence-electron chi connectivity index (χ4n) is 2.39. The molecule has 1 aliphatic heterocycles. The van der Waals surface area contributed by atoms with Gasteiger partial charge >= 0.3 is 0 Å². The molecule has 20 heavy (non-hydrogen) atoms. The minimum absolute atomic E-state index is 0.0344. The van der Waals surface area contributed by atoms with Crippen LogP contribution in [0.5, 0.6) is 0 Å². The van der Waals surface area contributed by atoms with E-state index in [1.165, 1.54) is 5.56 Å². The Bertz CT molecular complexity index is 635. The number of nitrogens with zero attached hydrogens (tertiary/aromatic N) is 3. The Morgan fingerprint density at radius 1 is 1.25 bits per heavy atom. The van der Waals surface area contributed by atoms with Crippen molar-refractivity contribution in [2.75, 3.05) is 13.2 Å². The van der Waals surface area contributed by atoms with Crippen molar-refractivity contribution in [2.24, 2.45) is 7.05 Å². The number of halogens is 2. The number of ether oxygens (including phenoxy) is 1. The minimum atomic E-state index is -0.0344. The molecule has 1 aromatic heterocycles. The first kappa shape index (κ1) is 14.6. The maximum Gasteiger partial charge on any atom is 0.187 e. The lowest BCUT2D eigenvalue weighted by Crippen LogP contribution is -2.49. The van der Waals surface area contributed by atoms with Gasteiger partial charge in [-0.05, 0) is 23.8 Å². The second-order valence-corrected chi connectivity index (χ2v) is 7.31. The van der Waals surface area contributed by atoms with Gasteiger partial charge in [0, 0.05) is 27.8 Å². The van der Waals surface area contributed by atoms with Crippen LogP contribution in [0.1, 0.15) is 11.4 Å². The summed E-state index contributed by atoms with van der Waals surface area (Å²) in [6, 6.07) is 6.32. The first-order valence-electron chi connectivity index (χ1n) is 6.12. The van der Waals surface area contributed by atoms with Crippen LogP contribution in [-0.2, 0) is 23.6 Å². The predicted molar refractivity (Wildman–Crippen MR) is 86.3 cm³/mol. The highest BCUT2D eigenvalue weighted by atomic mass is 79.9. The van der Waals surface area contributed by atoms with Gasteiger partial charge in [-0.25, -0.2) is 0 Å². The van der Waals surface area contributed by atoms with E-state index in [0.29, 0.717) is 18.4 Å². The van der Waals surface area contributed by atoms with Crippen LogP contribution in [0.15, 0.2) is 32.3 Å². The van der Waals surface area contributed by atoms with Gasteiger partial charge in [-0.15, -0.1) is 22.8 Å². The molecule has 0 radical (unpaired) electrons. The Hall–Kier alpha value is -0.370. The molecule has 0 bridgehead atoms. The second-order valence-electron chi connectivity index (χ2n) is 5.08. The summed E-state index contributed by atoms with van der Waals surface area (Å²) in [5, 5.41) is 8.85. The Kier molecular flexibility index (Phi) is 3.96. The van der Waals surface area contributed by atoms with Gasteiger partial charge in [-0.3, -0.25) is 0 Å². The van der Waals surface area contributed by atoms with Gasteiger partial charge in [0.1, 0.15) is 5.82 Å². The van der Waals surface area contributed by atoms with Gasteiger partial charge in [-0.2, -0.15) is 0 Å². The quantitative estimate of drug-likeness (QED) is 0.778. The lowest BCUT2D eigenvalue weighted by Gasteiger charge is -2.42. The lowest BCUT2D eigenvalue weighted by atomic mass is 9.75. The van der Waals surface area contributed by atoms with Crippen molar-refractivity contribution in [1.29, 1.82) is 0 Å². The largest absolute Gasteiger partial charge is 0.379 e. The Morgan fingerprint density at radius 3 is 2.35 bits per heavy atom. The molecule has 1 aromatic carbocycles. The predicted octanol–water partition coefficient (Wildman–Crippen LogP) is 3.14.